The lowest BCUT2D eigenvalue weighted by atomic mass is 9.84. The normalized spacial score (nSPS) is 17.6. The largest absolute Gasteiger partial charge is 0.351 e. The van der Waals surface area contributed by atoms with Crippen molar-refractivity contribution in [3.63, 3.8) is 0 Å². The Bertz CT molecular complexity index is 407. The highest BCUT2D eigenvalue weighted by Gasteiger charge is 2.23. The van der Waals surface area contributed by atoms with Gasteiger partial charge in [-0.05, 0) is 30.9 Å². The Hall–Kier alpha value is -1.07. The smallest absolute Gasteiger partial charge is 0.230 e. The van der Waals surface area contributed by atoms with Gasteiger partial charge in [-0.3, -0.25) is 9.78 Å². The number of nitrogens with zero attached hydrogens (tertiary/aromatic N) is 1. The van der Waals surface area contributed by atoms with E-state index in [2.05, 4.69) is 10.3 Å². The summed E-state index contributed by atoms with van der Waals surface area (Å²) in [6, 6.07) is 3.97. The maximum atomic E-state index is 12.0. The molecule has 4 nitrogen and oxygen atoms in total. The second-order valence-corrected chi connectivity index (χ2v) is 6.33. The summed E-state index contributed by atoms with van der Waals surface area (Å²) in [5.41, 5.74) is 5.83. The molecule has 1 aromatic rings. The summed E-state index contributed by atoms with van der Waals surface area (Å²) < 4.78 is 0. The highest BCUT2D eigenvalue weighted by molar-refractivity contribution is 8.00. The van der Waals surface area contributed by atoms with Gasteiger partial charge in [-0.25, -0.2) is 0 Å². The van der Waals surface area contributed by atoms with Gasteiger partial charge in [0.15, 0.2) is 0 Å². The van der Waals surface area contributed by atoms with Crippen LogP contribution < -0.4 is 11.1 Å². The highest BCUT2D eigenvalue weighted by Crippen LogP contribution is 2.26. The Labute approximate surface area is 124 Å². The SMILES string of the molecule is NCC(NC(=O)CSc1ccncc1)C1CCCCC1. The van der Waals surface area contributed by atoms with Gasteiger partial charge in [-0.2, -0.15) is 0 Å². The number of carbonyl (C=O) groups excluding carboxylic acids is 1. The van der Waals surface area contributed by atoms with E-state index < -0.39 is 0 Å². The van der Waals surface area contributed by atoms with Gasteiger partial charge in [0.1, 0.15) is 0 Å². The van der Waals surface area contributed by atoms with Gasteiger partial charge >= 0.3 is 0 Å². The Balaban J connectivity index is 1.77. The van der Waals surface area contributed by atoms with Crippen molar-refractivity contribution in [1.29, 1.82) is 0 Å². The van der Waals surface area contributed by atoms with Gasteiger partial charge in [0.05, 0.1) is 5.75 Å². The number of pyridine rings is 1. The minimum absolute atomic E-state index is 0.0767. The lowest BCUT2D eigenvalue weighted by Gasteiger charge is -2.30. The number of hydrogen-bond acceptors (Lipinski definition) is 4. The minimum Gasteiger partial charge on any atom is -0.351 e. The van der Waals surface area contributed by atoms with Crippen LogP contribution >= 0.6 is 11.8 Å². The zero-order valence-electron chi connectivity index (χ0n) is 11.8. The van der Waals surface area contributed by atoms with E-state index in [0.29, 0.717) is 18.2 Å². The molecule has 3 N–H and O–H groups in total. The Morgan fingerprint density at radius 2 is 2.05 bits per heavy atom. The lowest BCUT2D eigenvalue weighted by molar-refractivity contribution is -0.119. The Kier molecular flexibility index (Phi) is 6.33. The lowest BCUT2D eigenvalue weighted by Crippen LogP contribution is -2.46. The third-order valence-electron chi connectivity index (χ3n) is 3.84. The molecule has 1 atom stereocenters. The van der Waals surface area contributed by atoms with Crippen molar-refractivity contribution in [2.45, 2.75) is 43.0 Å². The molecule has 110 valence electrons. The van der Waals surface area contributed by atoms with Gasteiger partial charge in [0.2, 0.25) is 5.91 Å². The van der Waals surface area contributed by atoms with Crippen LogP contribution in [0.5, 0.6) is 0 Å². The molecular formula is C15H23N3OS. The quantitative estimate of drug-likeness (QED) is 0.789. The van der Waals surface area contributed by atoms with Crippen LogP contribution in [-0.4, -0.2) is 29.2 Å². The molecule has 1 aliphatic rings. The number of nitrogens with one attached hydrogen (secondary N) is 1. The molecule has 0 spiro atoms. The molecule has 0 aromatic carbocycles. The summed E-state index contributed by atoms with van der Waals surface area (Å²) >= 11 is 1.53. The molecule has 1 aromatic heterocycles. The predicted octanol–water partition coefficient (Wildman–Crippen LogP) is 2.20. The second kappa shape index (κ2) is 8.27. The summed E-state index contributed by atoms with van der Waals surface area (Å²) in [7, 11) is 0. The Morgan fingerprint density at radius 3 is 2.70 bits per heavy atom. The molecule has 0 aliphatic heterocycles. The van der Waals surface area contributed by atoms with E-state index in [1.165, 1.54) is 43.9 Å². The van der Waals surface area contributed by atoms with Crippen molar-refractivity contribution in [3.05, 3.63) is 24.5 Å². The average Bonchev–Trinajstić information content (AvgIpc) is 2.52. The number of carbonyl (C=O) groups is 1. The van der Waals surface area contributed by atoms with Gasteiger partial charge in [0, 0.05) is 29.9 Å². The van der Waals surface area contributed by atoms with E-state index in [1.807, 2.05) is 12.1 Å². The summed E-state index contributed by atoms with van der Waals surface area (Å²) in [5.74, 6) is 1.07. The van der Waals surface area contributed by atoms with Crippen molar-refractivity contribution in [1.82, 2.24) is 10.3 Å². The van der Waals surface area contributed by atoms with Crippen molar-refractivity contribution < 1.29 is 4.79 Å². The van der Waals surface area contributed by atoms with Gasteiger partial charge < -0.3 is 11.1 Å². The number of hydrogen-bond donors (Lipinski definition) is 2. The summed E-state index contributed by atoms with van der Waals surface area (Å²) in [5, 5.41) is 3.11. The van der Waals surface area contributed by atoms with Crippen LogP contribution in [0.3, 0.4) is 0 Å². The molecule has 2 rings (SSSR count). The van der Waals surface area contributed by atoms with E-state index in [1.54, 1.807) is 12.4 Å². The number of aromatic nitrogens is 1. The van der Waals surface area contributed by atoms with Crippen LogP contribution in [0.1, 0.15) is 32.1 Å². The monoisotopic (exact) mass is 293 g/mol. The van der Waals surface area contributed by atoms with Crippen LogP contribution in [-0.2, 0) is 4.79 Å². The molecule has 1 fully saturated rings. The fraction of sp³-hybridized carbons (Fsp3) is 0.600. The zero-order valence-corrected chi connectivity index (χ0v) is 12.6. The zero-order chi connectivity index (χ0) is 14.2. The number of nitrogens with two attached hydrogens (primary N) is 1. The van der Waals surface area contributed by atoms with Crippen molar-refractivity contribution in [2.75, 3.05) is 12.3 Å². The van der Waals surface area contributed by atoms with E-state index in [0.717, 1.165) is 4.90 Å². The molecule has 1 unspecified atom stereocenters. The number of thioether (sulfide) groups is 1. The summed E-state index contributed by atoms with van der Waals surface area (Å²) in [4.78, 5) is 17.1. The average molecular weight is 293 g/mol. The molecule has 1 aliphatic carbocycles. The van der Waals surface area contributed by atoms with Crippen molar-refractivity contribution in [2.24, 2.45) is 11.7 Å². The first-order valence-electron chi connectivity index (χ1n) is 7.32. The van der Waals surface area contributed by atoms with E-state index in [4.69, 9.17) is 5.73 Å². The first-order chi connectivity index (χ1) is 9.79. The van der Waals surface area contributed by atoms with Crippen LogP contribution in [0.2, 0.25) is 0 Å². The van der Waals surface area contributed by atoms with Crippen molar-refractivity contribution in [3.8, 4) is 0 Å². The minimum atomic E-state index is 0.0767. The number of amides is 1. The fourth-order valence-electron chi connectivity index (χ4n) is 2.74. The highest BCUT2D eigenvalue weighted by atomic mass is 32.2. The molecule has 1 saturated carbocycles. The van der Waals surface area contributed by atoms with Crippen LogP contribution in [0.15, 0.2) is 29.4 Å². The van der Waals surface area contributed by atoms with Crippen molar-refractivity contribution >= 4 is 17.7 Å². The van der Waals surface area contributed by atoms with E-state index in [-0.39, 0.29) is 11.9 Å². The summed E-state index contributed by atoms with van der Waals surface area (Å²) in [6.07, 6.45) is 9.72. The molecule has 0 bridgehead atoms. The molecule has 0 radical (unpaired) electrons. The van der Waals surface area contributed by atoms with Gasteiger partial charge in [-0.1, -0.05) is 19.3 Å². The van der Waals surface area contributed by atoms with E-state index >= 15 is 0 Å². The maximum Gasteiger partial charge on any atom is 0.230 e. The van der Waals surface area contributed by atoms with Gasteiger partial charge in [0.25, 0.3) is 0 Å². The van der Waals surface area contributed by atoms with Crippen LogP contribution in [0.4, 0.5) is 0 Å². The standard InChI is InChI=1S/C15H23N3OS/c16-10-14(12-4-2-1-3-5-12)18-15(19)11-20-13-6-8-17-9-7-13/h6-9,12,14H,1-5,10-11,16H2,(H,18,19). The first kappa shape index (κ1) is 15.3. The molecule has 1 amide bonds. The summed E-state index contributed by atoms with van der Waals surface area (Å²) in [6.45, 7) is 0.538. The molecule has 20 heavy (non-hydrogen) atoms. The Morgan fingerprint density at radius 1 is 1.35 bits per heavy atom. The number of rotatable bonds is 6. The fourth-order valence-corrected chi connectivity index (χ4v) is 3.43. The second-order valence-electron chi connectivity index (χ2n) is 5.28. The molecule has 0 saturated heterocycles. The maximum absolute atomic E-state index is 12.0. The van der Waals surface area contributed by atoms with Crippen LogP contribution in [0, 0.1) is 5.92 Å². The third kappa shape index (κ3) is 4.80. The molecule has 5 heteroatoms. The van der Waals surface area contributed by atoms with Crippen LogP contribution in [0.25, 0.3) is 0 Å². The molecule has 1 heterocycles. The molecular weight excluding hydrogens is 270 g/mol. The first-order valence-corrected chi connectivity index (χ1v) is 8.30. The topological polar surface area (TPSA) is 68.0 Å². The van der Waals surface area contributed by atoms with E-state index in [9.17, 15) is 4.79 Å². The van der Waals surface area contributed by atoms with Gasteiger partial charge in [-0.15, -0.1) is 11.8 Å². The predicted molar refractivity (Wildman–Crippen MR) is 82.5 cm³/mol. The third-order valence-corrected chi connectivity index (χ3v) is 4.85.